The van der Waals surface area contributed by atoms with Gasteiger partial charge in [-0.1, -0.05) is 18.1 Å². The summed E-state index contributed by atoms with van der Waals surface area (Å²) in [5.74, 6) is 1.86. The number of nitrogens with one attached hydrogen (secondary N) is 2. The number of carbonyl (C=O) groups excluding carboxylic acids is 1. The molecule has 0 aliphatic rings. The molecule has 2 N–H and O–H groups in total. The van der Waals surface area contributed by atoms with Crippen molar-refractivity contribution >= 4 is 29.1 Å². The van der Waals surface area contributed by atoms with Crippen molar-refractivity contribution in [3.8, 4) is 12.3 Å². The van der Waals surface area contributed by atoms with Crippen molar-refractivity contribution in [3.05, 3.63) is 46.1 Å². The van der Waals surface area contributed by atoms with Crippen LogP contribution in [0.5, 0.6) is 0 Å². The van der Waals surface area contributed by atoms with Crippen molar-refractivity contribution in [2.45, 2.75) is 6.92 Å². The molecule has 0 saturated heterocycles. The molecule has 128 valence electrons. The Hall–Kier alpha value is -3.67. The van der Waals surface area contributed by atoms with Crippen molar-refractivity contribution in [1.29, 1.82) is 0 Å². The number of nitrogens with zero attached hydrogens (tertiary/aromatic N) is 3. The van der Waals surface area contributed by atoms with Crippen molar-refractivity contribution in [2.75, 3.05) is 23.8 Å². The Balaban J connectivity index is 2.33. The topological polar surface area (TPSA) is 119 Å². The fourth-order valence-electron chi connectivity index (χ4n) is 1.93. The van der Waals surface area contributed by atoms with Crippen LogP contribution in [0, 0.1) is 22.5 Å². The molecule has 1 aromatic carbocycles. The number of benzene rings is 1. The van der Waals surface area contributed by atoms with Crippen LogP contribution in [0.2, 0.25) is 0 Å². The van der Waals surface area contributed by atoms with E-state index in [1.165, 1.54) is 0 Å². The third-order valence-corrected chi connectivity index (χ3v) is 2.99. The molecule has 0 aliphatic heterocycles. The quantitative estimate of drug-likeness (QED) is 0.341. The first kappa shape index (κ1) is 17.7. The molecule has 1 aromatic heterocycles. The Morgan fingerprint density at radius 2 is 2.20 bits per heavy atom. The van der Waals surface area contributed by atoms with E-state index < -0.39 is 10.9 Å². The molecule has 0 spiro atoms. The van der Waals surface area contributed by atoms with Crippen LogP contribution in [0.1, 0.15) is 17.3 Å². The molecular weight excluding hydrogens is 326 g/mol. The zero-order chi connectivity index (χ0) is 18.2. The number of rotatable bonds is 7. The van der Waals surface area contributed by atoms with Gasteiger partial charge in [0.15, 0.2) is 0 Å². The smallest absolute Gasteiger partial charge is 0.340 e. The largest absolute Gasteiger partial charge is 0.462 e. The van der Waals surface area contributed by atoms with E-state index in [0.717, 1.165) is 6.20 Å². The summed E-state index contributed by atoms with van der Waals surface area (Å²) in [6.07, 6.45) is 6.21. The molecule has 0 atom stereocenters. The summed E-state index contributed by atoms with van der Waals surface area (Å²) in [5, 5.41) is 16.5. The third-order valence-electron chi connectivity index (χ3n) is 2.99. The standard InChI is InChI=1S/C16H15N5O4/c1-3-9-17-14-13(21(23)24)10-18-16(20-14)19-12-8-6-5-7-11(12)15(22)25-4-2/h1,5-8,10H,4,9H2,2H3,(H2,17,18,19,20). The molecule has 0 unspecified atom stereocenters. The molecule has 2 aromatic rings. The summed E-state index contributed by atoms with van der Waals surface area (Å²) in [4.78, 5) is 30.3. The molecule has 0 radical (unpaired) electrons. The van der Waals surface area contributed by atoms with Gasteiger partial charge in [0, 0.05) is 0 Å². The van der Waals surface area contributed by atoms with Crippen molar-refractivity contribution in [3.63, 3.8) is 0 Å². The van der Waals surface area contributed by atoms with Gasteiger partial charge in [-0.25, -0.2) is 9.78 Å². The highest BCUT2D eigenvalue weighted by Crippen LogP contribution is 2.25. The molecule has 0 amide bonds. The minimum absolute atomic E-state index is 0.0194. The van der Waals surface area contributed by atoms with Crippen LogP contribution in [-0.4, -0.2) is 34.0 Å². The lowest BCUT2D eigenvalue weighted by atomic mass is 10.2. The normalized spacial score (nSPS) is 9.76. The van der Waals surface area contributed by atoms with Crippen LogP contribution in [-0.2, 0) is 4.74 Å². The Morgan fingerprint density at radius 3 is 2.88 bits per heavy atom. The molecule has 1 heterocycles. The number of hydrogen-bond donors (Lipinski definition) is 2. The van der Waals surface area contributed by atoms with Crippen LogP contribution >= 0.6 is 0 Å². The Kier molecular flexibility index (Phi) is 5.84. The Labute approximate surface area is 143 Å². The van der Waals surface area contributed by atoms with E-state index in [1.54, 1.807) is 31.2 Å². The molecule has 0 aliphatic carbocycles. The van der Waals surface area contributed by atoms with Crippen LogP contribution in [0.25, 0.3) is 0 Å². The lowest BCUT2D eigenvalue weighted by Gasteiger charge is -2.11. The van der Waals surface area contributed by atoms with Gasteiger partial charge in [-0.15, -0.1) is 6.42 Å². The van der Waals surface area contributed by atoms with Gasteiger partial charge in [-0.05, 0) is 19.1 Å². The second-order valence-corrected chi connectivity index (χ2v) is 4.63. The van der Waals surface area contributed by atoms with E-state index in [9.17, 15) is 14.9 Å². The fraction of sp³-hybridized carbons (Fsp3) is 0.188. The number of carbonyl (C=O) groups is 1. The van der Waals surface area contributed by atoms with E-state index >= 15 is 0 Å². The average molecular weight is 341 g/mol. The van der Waals surface area contributed by atoms with Crippen LogP contribution < -0.4 is 10.6 Å². The molecule has 2 rings (SSSR count). The van der Waals surface area contributed by atoms with E-state index in [2.05, 4.69) is 26.5 Å². The van der Waals surface area contributed by atoms with Gasteiger partial charge >= 0.3 is 11.7 Å². The van der Waals surface area contributed by atoms with E-state index in [0.29, 0.717) is 11.3 Å². The maximum absolute atomic E-state index is 12.0. The van der Waals surface area contributed by atoms with Gasteiger partial charge in [0.1, 0.15) is 6.20 Å². The summed E-state index contributed by atoms with van der Waals surface area (Å²) in [6.45, 7) is 2.01. The maximum Gasteiger partial charge on any atom is 0.340 e. The first-order valence-electron chi connectivity index (χ1n) is 7.28. The number of ether oxygens (including phenoxy) is 1. The van der Waals surface area contributed by atoms with Crippen molar-refractivity contribution < 1.29 is 14.5 Å². The van der Waals surface area contributed by atoms with E-state index in [-0.39, 0.29) is 30.6 Å². The number of esters is 1. The van der Waals surface area contributed by atoms with Gasteiger partial charge in [-0.3, -0.25) is 10.1 Å². The first-order valence-corrected chi connectivity index (χ1v) is 7.28. The monoisotopic (exact) mass is 341 g/mol. The second kappa shape index (κ2) is 8.26. The number of para-hydroxylation sites is 1. The summed E-state index contributed by atoms with van der Waals surface area (Å²) < 4.78 is 4.99. The summed E-state index contributed by atoms with van der Waals surface area (Å²) >= 11 is 0. The average Bonchev–Trinajstić information content (AvgIpc) is 2.60. The fourth-order valence-corrected chi connectivity index (χ4v) is 1.93. The van der Waals surface area contributed by atoms with Gasteiger partial charge in [0.05, 0.1) is 29.3 Å². The third kappa shape index (κ3) is 4.42. The molecule has 9 heteroatoms. The molecule has 0 fully saturated rings. The highest BCUT2D eigenvalue weighted by Gasteiger charge is 2.18. The Bertz CT molecular complexity index is 832. The van der Waals surface area contributed by atoms with Gasteiger partial charge in [-0.2, -0.15) is 4.98 Å². The molecule has 0 saturated carbocycles. The van der Waals surface area contributed by atoms with Gasteiger partial charge in [0.25, 0.3) is 0 Å². The highest BCUT2D eigenvalue weighted by atomic mass is 16.6. The van der Waals surface area contributed by atoms with E-state index in [1.807, 2.05) is 0 Å². The second-order valence-electron chi connectivity index (χ2n) is 4.63. The molecular formula is C16H15N5O4. The lowest BCUT2D eigenvalue weighted by molar-refractivity contribution is -0.384. The Morgan fingerprint density at radius 1 is 1.44 bits per heavy atom. The van der Waals surface area contributed by atoms with Crippen molar-refractivity contribution in [2.24, 2.45) is 0 Å². The van der Waals surface area contributed by atoms with Gasteiger partial charge < -0.3 is 15.4 Å². The summed E-state index contributed by atoms with van der Waals surface area (Å²) in [6, 6.07) is 6.64. The number of terminal acetylenes is 1. The van der Waals surface area contributed by atoms with Gasteiger partial charge in [0.2, 0.25) is 11.8 Å². The first-order chi connectivity index (χ1) is 12.1. The van der Waals surface area contributed by atoms with Crippen molar-refractivity contribution in [1.82, 2.24) is 9.97 Å². The number of anilines is 3. The molecule has 9 nitrogen and oxygen atoms in total. The highest BCUT2D eigenvalue weighted by molar-refractivity contribution is 5.96. The zero-order valence-electron chi connectivity index (χ0n) is 13.4. The zero-order valence-corrected chi connectivity index (χ0v) is 13.4. The summed E-state index contributed by atoms with van der Waals surface area (Å²) in [7, 11) is 0. The van der Waals surface area contributed by atoms with E-state index in [4.69, 9.17) is 11.2 Å². The maximum atomic E-state index is 12.0. The SMILES string of the molecule is C#CCNc1nc(Nc2ccccc2C(=O)OCC)ncc1[N+](=O)[O-]. The molecule has 25 heavy (non-hydrogen) atoms. The number of hydrogen-bond acceptors (Lipinski definition) is 8. The van der Waals surface area contributed by atoms with Crippen LogP contribution in [0.15, 0.2) is 30.5 Å². The molecule has 0 bridgehead atoms. The number of aromatic nitrogens is 2. The van der Waals surface area contributed by atoms with Crippen LogP contribution in [0.3, 0.4) is 0 Å². The predicted molar refractivity (Wildman–Crippen MR) is 91.7 cm³/mol. The minimum atomic E-state index is -0.616. The van der Waals surface area contributed by atoms with Crippen LogP contribution in [0.4, 0.5) is 23.1 Å². The number of nitro groups is 1. The lowest BCUT2D eigenvalue weighted by Crippen LogP contribution is -2.10. The summed E-state index contributed by atoms with van der Waals surface area (Å²) in [5.41, 5.74) is 0.404. The predicted octanol–water partition coefficient (Wildman–Crippen LogP) is 2.35. The minimum Gasteiger partial charge on any atom is -0.462 e.